The van der Waals surface area contributed by atoms with E-state index in [2.05, 4.69) is 15.1 Å². The third kappa shape index (κ3) is 3.03. The Labute approximate surface area is 144 Å². The third-order valence-electron chi connectivity index (χ3n) is 4.54. The van der Waals surface area contributed by atoms with Crippen molar-refractivity contribution in [2.24, 2.45) is 0 Å². The molecule has 1 amide bonds. The predicted molar refractivity (Wildman–Crippen MR) is 92.1 cm³/mol. The molecule has 3 aromatic rings. The maximum Gasteiger partial charge on any atom is 0.228 e. The zero-order valence-electron chi connectivity index (χ0n) is 13.6. The van der Waals surface area contributed by atoms with Crippen molar-refractivity contribution in [3.8, 4) is 0 Å². The number of aromatic nitrogens is 4. The molecule has 3 aromatic heterocycles. The first-order valence-corrected chi connectivity index (χ1v) is 9.06. The van der Waals surface area contributed by atoms with Crippen LogP contribution >= 0.6 is 11.3 Å². The first kappa shape index (κ1) is 15.3. The van der Waals surface area contributed by atoms with Gasteiger partial charge in [0.15, 0.2) is 5.65 Å². The van der Waals surface area contributed by atoms with Crippen molar-refractivity contribution >= 4 is 22.9 Å². The lowest BCUT2D eigenvalue weighted by Crippen LogP contribution is -2.39. The molecule has 0 unspecified atom stereocenters. The number of amides is 1. The van der Waals surface area contributed by atoms with E-state index in [4.69, 9.17) is 0 Å². The van der Waals surface area contributed by atoms with Crippen LogP contribution < -0.4 is 0 Å². The first-order valence-electron chi connectivity index (χ1n) is 8.18. The molecule has 4 heterocycles. The van der Waals surface area contributed by atoms with Crippen LogP contribution in [0.25, 0.3) is 5.65 Å². The summed E-state index contributed by atoms with van der Waals surface area (Å²) in [5.41, 5.74) is 2.87. The highest BCUT2D eigenvalue weighted by Crippen LogP contribution is 2.27. The van der Waals surface area contributed by atoms with Gasteiger partial charge in [0.25, 0.3) is 0 Å². The molecular weight excluding hydrogens is 322 g/mol. The van der Waals surface area contributed by atoms with E-state index in [9.17, 15) is 4.79 Å². The monoisotopic (exact) mass is 341 g/mol. The maximum atomic E-state index is 12.4. The lowest BCUT2D eigenvalue weighted by Gasteiger charge is -2.31. The Kier molecular flexibility index (Phi) is 4.02. The molecule has 124 valence electrons. The smallest absolute Gasteiger partial charge is 0.228 e. The molecule has 0 bridgehead atoms. The largest absolute Gasteiger partial charge is 0.342 e. The summed E-state index contributed by atoms with van der Waals surface area (Å²) in [6, 6.07) is 3.96. The Morgan fingerprint density at radius 2 is 2.12 bits per heavy atom. The second-order valence-electron chi connectivity index (χ2n) is 6.18. The number of aryl methyl sites for hydroxylation is 1. The Bertz CT molecular complexity index is 863. The molecule has 0 radical (unpaired) electrons. The summed E-state index contributed by atoms with van der Waals surface area (Å²) >= 11 is 1.60. The second-order valence-corrected chi connectivity index (χ2v) is 7.24. The number of thiazole rings is 1. The minimum atomic E-state index is 0.179. The highest BCUT2D eigenvalue weighted by atomic mass is 32.1. The van der Waals surface area contributed by atoms with Gasteiger partial charge in [-0.25, -0.2) is 14.5 Å². The Hall–Kier alpha value is -2.28. The molecule has 24 heavy (non-hydrogen) atoms. The fourth-order valence-electron chi connectivity index (χ4n) is 3.24. The van der Waals surface area contributed by atoms with E-state index in [1.807, 2.05) is 35.5 Å². The van der Waals surface area contributed by atoms with Crippen LogP contribution in [0.4, 0.5) is 0 Å². The lowest BCUT2D eigenvalue weighted by atomic mass is 9.93. The number of rotatable bonds is 3. The number of nitrogens with zero attached hydrogens (tertiary/aromatic N) is 5. The van der Waals surface area contributed by atoms with Crippen LogP contribution in [0.2, 0.25) is 0 Å². The molecule has 1 saturated heterocycles. The van der Waals surface area contributed by atoms with Crippen LogP contribution in [0.1, 0.15) is 35.2 Å². The second kappa shape index (κ2) is 6.32. The third-order valence-corrected chi connectivity index (χ3v) is 5.37. The number of hydrogen-bond acceptors (Lipinski definition) is 5. The van der Waals surface area contributed by atoms with E-state index in [-0.39, 0.29) is 5.91 Å². The van der Waals surface area contributed by atoms with Crippen molar-refractivity contribution in [1.29, 1.82) is 0 Å². The van der Waals surface area contributed by atoms with E-state index in [0.717, 1.165) is 48.0 Å². The number of piperidine rings is 1. The summed E-state index contributed by atoms with van der Waals surface area (Å²) in [5, 5.41) is 7.17. The number of hydrogen-bond donors (Lipinski definition) is 0. The summed E-state index contributed by atoms with van der Waals surface area (Å²) in [6.45, 7) is 3.55. The minimum Gasteiger partial charge on any atom is -0.342 e. The van der Waals surface area contributed by atoms with Gasteiger partial charge < -0.3 is 4.90 Å². The van der Waals surface area contributed by atoms with Crippen LogP contribution in [0.15, 0.2) is 29.9 Å². The maximum absolute atomic E-state index is 12.4. The van der Waals surface area contributed by atoms with E-state index in [1.165, 1.54) is 0 Å². The van der Waals surface area contributed by atoms with E-state index >= 15 is 0 Å². The number of carbonyl (C=O) groups excluding carboxylic acids is 1. The van der Waals surface area contributed by atoms with Gasteiger partial charge in [0, 0.05) is 42.3 Å². The Balaban J connectivity index is 1.38. The van der Waals surface area contributed by atoms with Crippen LogP contribution in [-0.2, 0) is 11.2 Å². The Morgan fingerprint density at radius 1 is 1.29 bits per heavy atom. The van der Waals surface area contributed by atoms with Gasteiger partial charge in [0.05, 0.1) is 23.3 Å². The summed E-state index contributed by atoms with van der Waals surface area (Å²) < 4.78 is 1.78. The molecule has 4 rings (SSSR count). The van der Waals surface area contributed by atoms with Gasteiger partial charge in [0.1, 0.15) is 0 Å². The van der Waals surface area contributed by atoms with Gasteiger partial charge in [-0.15, -0.1) is 11.3 Å². The highest BCUT2D eigenvalue weighted by Gasteiger charge is 2.25. The molecule has 1 aliphatic rings. The minimum absolute atomic E-state index is 0.179. The van der Waals surface area contributed by atoms with E-state index in [1.54, 1.807) is 22.0 Å². The SMILES string of the molecule is Cc1nc(CC(=O)N2CCC(c3ccn4nccc4n3)CC2)cs1. The van der Waals surface area contributed by atoms with Crippen molar-refractivity contribution in [2.45, 2.75) is 32.1 Å². The molecule has 0 atom stereocenters. The van der Waals surface area contributed by atoms with E-state index < -0.39 is 0 Å². The number of carbonyl (C=O) groups is 1. The first-order chi connectivity index (χ1) is 11.7. The molecule has 7 heteroatoms. The van der Waals surface area contributed by atoms with Gasteiger partial charge >= 0.3 is 0 Å². The molecule has 0 spiro atoms. The van der Waals surface area contributed by atoms with Crippen molar-refractivity contribution < 1.29 is 4.79 Å². The van der Waals surface area contributed by atoms with Gasteiger partial charge in [-0.3, -0.25) is 4.79 Å². The van der Waals surface area contributed by atoms with Gasteiger partial charge in [0.2, 0.25) is 5.91 Å². The molecule has 1 fully saturated rings. The quantitative estimate of drug-likeness (QED) is 0.734. The van der Waals surface area contributed by atoms with Gasteiger partial charge in [-0.2, -0.15) is 5.10 Å². The molecule has 0 saturated carbocycles. The molecule has 0 aromatic carbocycles. The Morgan fingerprint density at radius 3 is 2.88 bits per heavy atom. The lowest BCUT2D eigenvalue weighted by molar-refractivity contribution is -0.131. The predicted octanol–water partition coefficient (Wildman–Crippen LogP) is 2.44. The van der Waals surface area contributed by atoms with Gasteiger partial charge in [-0.1, -0.05) is 0 Å². The fourth-order valence-corrected chi connectivity index (χ4v) is 3.85. The molecular formula is C17H19N5OS. The van der Waals surface area contributed by atoms with Crippen molar-refractivity contribution in [3.05, 3.63) is 46.3 Å². The van der Waals surface area contributed by atoms with Crippen LogP contribution in [-0.4, -0.2) is 43.5 Å². The van der Waals surface area contributed by atoms with Gasteiger partial charge in [-0.05, 0) is 25.8 Å². The zero-order valence-corrected chi connectivity index (χ0v) is 14.4. The topological polar surface area (TPSA) is 63.4 Å². The summed E-state index contributed by atoms with van der Waals surface area (Å²) in [5.74, 6) is 0.591. The zero-order chi connectivity index (χ0) is 16.5. The average Bonchev–Trinajstić information content (AvgIpc) is 3.23. The van der Waals surface area contributed by atoms with Crippen molar-refractivity contribution in [1.82, 2.24) is 24.5 Å². The van der Waals surface area contributed by atoms with Crippen molar-refractivity contribution in [2.75, 3.05) is 13.1 Å². The summed E-state index contributed by atoms with van der Waals surface area (Å²) in [6.07, 6.45) is 6.04. The average molecular weight is 341 g/mol. The molecule has 6 nitrogen and oxygen atoms in total. The molecule has 0 N–H and O–H groups in total. The summed E-state index contributed by atoms with van der Waals surface area (Å²) in [7, 11) is 0. The number of likely N-dealkylation sites (tertiary alicyclic amines) is 1. The van der Waals surface area contributed by atoms with Crippen LogP contribution in [0, 0.1) is 6.92 Å². The molecule has 0 aliphatic carbocycles. The van der Waals surface area contributed by atoms with E-state index in [0.29, 0.717) is 12.3 Å². The molecule has 1 aliphatic heterocycles. The normalized spacial score (nSPS) is 16.0. The number of fused-ring (bicyclic) bond motifs is 1. The van der Waals surface area contributed by atoms with Crippen molar-refractivity contribution in [3.63, 3.8) is 0 Å². The fraction of sp³-hybridized carbons (Fsp3) is 0.412. The standard InChI is InChI=1S/C17H19N5OS/c1-12-19-14(11-24-12)10-17(23)21-7-3-13(4-8-21)15-5-9-22-16(20-15)2-6-18-22/h2,5-6,9,11,13H,3-4,7-8,10H2,1H3. The van der Waals surface area contributed by atoms with Crippen LogP contribution in [0.3, 0.4) is 0 Å². The summed E-state index contributed by atoms with van der Waals surface area (Å²) in [4.78, 5) is 23.5. The van der Waals surface area contributed by atoms with Crippen LogP contribution in [0.5, 0.6) is 0 Å². The highest BCUT2D eigenvalue weighted by molar-refractivity contribution is 7.09.